The smallest absolute Gasteiger partial charge is 0.329 e. The quantitative estimate of drug-likeness (QED) is 0.631. The topological polar surface area (TPSA) is 47.2 Å². The fourth-order valence-electron chi connectivity index (χ4n) is 4.38. The van der Waals surface area contributed by atoms with Gasteiger partial charge in [-0.25, -0.2) is 9.18 Å². The molecule has 1 unspecified atom stereocenters. The van der Waals surface area contributed by atoms with E-state index in [4.69, 9.17) is 0 Å². The van der Waals surface area contributed by atoms with Crippen LogP contribution >= 0.6 is 0 Å². The van der Waals surface area contributed by atoms with Crippen molar-refractivity contribution in [2.24, 2.45) is 0 Å². The highest BCUT2D eigenvalue weighted by Crippen LogP contribution is 2.32. The molecule has 0 bridgehead atoms. The second kappa shape index (κ2) is 8.23. The Morgan fingerprint density at radius 3 is 2.34 bits per heavy atom. The number of benzene rings is 2. The lowest BCUT2D eigenvalue weighted by atomic mass is 10.0. The third-order valence-corrected chi connectivity index (χ3v) is 5.75. The van der Waals surface area contributed by atoms with Gasteiger partial charge < -0.3 is 4.90 Å². The molecule has 1 atom stereocenters. The average molecular weight is 395 g/mol. The number of hydrogen-bond acceptors (Lipinski definition) is 2. The van der Waals surface area contributed by atoms with Gasteiger partial charge in [0.2, 0.25) is 5.91 Å². The SMILES string of the molecule is CCCn1c(=O)n(CCC(=O)N2CCCC2c2ccc(F)cc2)c2ccccc21. The first-order chi connectivity index (χ1) is 14.1. The average Bonchev–Trinajstić information content (AvgIpc) is 3.31. The van der Waals surface area contributed by atoms with Crippen molar-refractivity contribution in [2.75, 3.05) is 6.54 Å². The van der Waals surface area contributed by atoms with Crippen molar-refractivity contribution < 1.29 is 9.18 Å². The number of fused-ring (bicyclic) bond motifs is 1. The Bertz CT molecular complexity index is 1070. The number of nitrogens with zero attached hydrogens (tertiary/aromatic N) is 3. The van der Waals surface area contributed by atoms with Crippen LogP contribution in [0.25, 0.3) is 11.0 Å². The van der Waals surface area contributed by atoms with E-state index in [2.05, 4.69) is 0 Å². The van der Waals surface area contributed by atoms with E-state index < -0.39 is 0 Å². The molecule has 1 aromatic heterocycles. The molecule has 0 radical (unpaired) electrons. The van der Waals surface area contributed by atoms with Crippen LogP contribution < -0.4 is 5.69 Å². The van der Waals surface area contributed by atoms with Gasteiger partial charge in [0, 0.05) is 26.1 Å². The van der Waals surface area contributed by atoms with Gasteiger partial charge in [0.05, 0.1) is 17.1 Å². The number of carbonyl (C=O) groups is 1. The van der Waals surface area contributed by atoms with E-state index in [9.17, 15) is 14.0 Å². The van der Waals surface area contributed by atoms with Crippen LogP contribution in [0.15, 0.2) is 53.3 Å². The molecular weight excluding hydrogens is 369 g/mol. The first kappa shape index (κ1) is 19.4. The number of halogens is 1. The van der Waals surface area contributed by atoms with E-state index in [0.29, 0.717) is 19.6 Å². The third-order valence-electron chi connectivity index (χ3n) is 5.75. The monoisotopic (exact) mass is 395 g/mol. The fraction of sp³-hybridized carbons (Fsp3) is 0.391. The first-order valence-corrected chi connectivity index (χ1v) is 10.3. The maximum Gasteiger partial charge on any atom is 0.329 e. The lowest BCUT2D eigenvalue weighted by molar-refractivity contribution is -0.132. The van der Waals surface area contributed by atoms with Crippen LogP contribution in [0, 0.1) is 5.82 Å². The van der Waals surface area contributed by atoms with E-state index in [0.717, 1.165) is 35.9 Å². The van der Waals surface area contributed by atoms with Gasteiger partial charge >= 0.3 is 5.69 Å². The maximum atomic E-state index is 13.2. The lowest BCUT2D eigenvalue weighted by Gasteiger charge is -2.25. The zero-order valence-corrected chi connectivity index (χ0v) is 16.7. The van der Waals surface area contributed by atoms with Gasteiger partial charge in [-0.15, -0.1) is 0 Å². The Labute approximate surface area is 169 Å². The largest absolute Gasteiger partial charge is 0.336 e. The van der Waals surface area contributed by atoms with Crippen molar-refractivity contribution >= 4 is 16.9 Å². The van der Waals surface area contributed by atoms with Crippen molar-refractivity contribution in [3.63, 3.8) is 0 Å². The number of imidazole rings is 1. The van der Waals surface area contributed by atoms with Gasteiger partial charge in [0.1, 0.15) is 5.82 Å². The molecule has 2 aromatic carbocycles. The van der Waals surface area contributed by atoms with Gasteiger partial charge in [0.15, 0.2) is 0 Å². The minimum Gasteiger partial charge on any atom is -0.336 e. The molecule has 5 nitrogen and oxygen atoms in total. The summed E-state index contributed by atoms with van der Waals surface area (Å²) in [7, 11) is 0. The molecule has 0 spiro atoms. The molecule has 1 aliphatic heterocycles. The minimum atomic E-state index is -0.271. The van der Waals surface area contributed by atoms with Gasteiger partial charge in [-0.1, -0.05) is 31.2 Å². The zero-order valence-electron chi connectivity index (χ0n) is 16.7. The summed E-state index contributed by atoms with van der Waals surface area (Å²) >= 11 is 0. The van der Waals surface area contributed by atoms with Crippen LogP contribution in [0.4, 0.5) is 4.39 Å². The second-order valence-corrected chi connectivity index (χ2v) is 7.62. The Morgan fingerprint density at radius 2 is 1.69 bits per heavy atom. The second-order valence-electron chi connectivity index (χ2n) is 7.62. The van der Waals surface area contributed by atoms with Crippen LogP contribution in [0.1, 0.15) is 44.2 Å². The number of hydrogen-bond donors (Lipinski definition) is 0. The third kappa shape index (κ3) is 3.71. The van der Waals surface area contributed by atoms with Crippen LogP contribution in [0.3, 0.4) is 0 Å². The van der Waals surface area contributed by atoms with Crippen molar-refractivity contribution in [3.05, 3.63) is 70.4 Å². The van der Waals surface area contributed by atoms with Crippen LogP contribution in [-0.4, -0.2) is 26.5 Å². The Morgan fingerprint density at radius 1 is 1.03 bits per heavy atom. The van der Waals surface area contributed by atoms with Crippen molar-refractivity contribution in [1.82, 2.24) is 14.0 Å². The molecule has 0 N–H and O–H groups in total. The van der Waals surface area contributed by atoms with Crippen LogP contribution in [0.2, 0.25) is 0 Å². The number of likely N-dealkylation sites (tertiary alicyclic amines) is 1. The van der Waals surface area contributed by atoms with E-state index in [1.165, 1.54) is 12.1 Å². The summed E-state index contributed by atoms with van der Waals surface area (Å²) in [6, 6.07) is 14.1. The summed E-state index contributed by atoms with van der Waals surface area (Å²) in [5, 5.41) is 0. The number of carbonyl (C=O) groups excluding carboxylic acids is 1. The number of para-hydroxylation sites is 2. The summed E-state index contributed by atoms with van der Waals surface area (Å²) in [5.74, 6) is -0.233. The normalized spacial score (nSPS) is 16.6. The molecule has 0 saturated carbocycles. The molecule has 1 aliphatic rings. The first-order valence-electron chi connectivity index (χ1n) is 10.3. The number of rotatable bonds is 6. The number of amides is 1. The summed E-state index contributed by atoms with van der Waals surface area (Å²) in [4.78, 5) is 27.8. The Hall–Kier alpha value is -2.89. The van der Waals surface area contributed by atoms with E-state index >= 15 is 0 Å². The van der Waals surface area contributed by atoms with E-state index in [1.54, 1.807) is 21.3 Å². The number of aryl methyl sites for hydroxylation is 2. The molecule has 6 heteroatoms. The molecule has 1 amide bonds. The number of aromatic nitrogens is 2. The van der Waals surface area contributed by atoms with Gasteiger partial charge in [-0.2, -0.15) is 0 Å². The zero-order chi connectivity index (χ0) is 20.4. The molecular formula is C23H26FN3O2. The molecule has 152 valence electrons. The summed E-state index contributed by atoms with van der Waals surface area (Å²) in [6.45, 7) is 3.78. The predicted octanol–water partition coefficient (Wildman–Crippen LogP) is 4.11. The maximum absolute atomic E-state index is 13.2. The molecule has 2 heterocycles. The summed E-state index contributed by atoms with van der Waals surface area (Å²) in [6.07, 6.45) is 2.97. The van der Waals surface area contributed by atoms with Crippen LogP contribution in [0.5, 0.6) is 0 Å². The highest BCUT2D eigenvalue weighted by molar-refractivity contribution is 5.78. The van der Waals surface area contributed by atoms with Gasteiger partial charge in [0.25, 0.3) is 0 Å². The van der Waals surface area contributed by atoms with E-state index in [-0.39, 0.29) is 29.9 Å². The van der Waals surface area contributed by atoms with Gasteiger partial charge in [-0.3, -0.25) is 13.9 Å². The summed E-state index contributed by atoms with van der Waals surface area (Å²) < 4.78 is 16.7. The lowest BCUT2D eigenvalue weighted by Crippen LogP contribution is -2.32. The molecule has 29 heavy (non-hydrogen) atoms. The van der Waals surface area contributed by atoms with Crippen LogP contribution in [-0.2, 0) is 17.9 Å². The van der Waals surface area contributed by atoms with Crippen molar-refractivity contribution in [1.29, 1.82) is 0 Å². The Balaban J connectivity index is 1.53. The molecule has 1 saturated heterocycles. The standard InChI is InChI=1S/C23H26FN3O2/c1-2-14-26-20-6-3-4-7-21(20)27(23(26)29)16-13-22(28)25-15-5-8-19(25)17-9-11-18(24)12-10-17/h3-4,6-7,9-12,19H,2,5,8,13-16H2,1H3. The minimum absolute atomic E-state index is 0.0127. The molecule has 4 rings (SSSR count). The highest BCUT2D eigenvalue weighted by Gasteiger charge is 2.29. The van der Waals surface area contributed by atoms with Crippen molar-refractivity contribution in [2.45, 2.75) is 51.7 Å². The fourth-order valence-corrected chi connectivity index (χ4v) is 4.38. The molecule has 3 aromatic rings. The highest BCUT2D eigenvalue weighted by atomic mass is 19.1. The van der Waals surface area contributed by atoms with Crippen molar-refractivity contribution in [3.8, 4) is 0 Å². The predicted molar refractivity (Wildman–Crippen MR) is 111 cm³/mol. The summed E-state index contributed by atoms with van der Waals surface area (Å²) in [5.41, 5.74) is 2.69. The van der Waals surface area contributed by atoms with Gasteiger partial charge in [-0.05, 0) is 49.1 Å². The van der Waals surface area contributed by atoms with E-state index in [1.807, 2.05) is 36.1 Å². The Kier molecular flexibility index (Phi) is 5.51. The molecule has 0 aliphatic carbocycles. The molecule has 1 fully saturated rings.